The molecule has 0 saturated carbocycles. The summed E-state index contributed by atoms with van der Waals surface area (Å²) in [7, 11) is 0. The highest BCUT2D eigenvalue weighted by atomic mass is 16.3. The van der Waals surface area contributed by atoms with Crippen molar-refractivity contribution >= 4 is 76.2 Å². The van der Waals surface area contributed by atoms with E-state index in [-0.39, 0.29) is 5.41 Å². The van der Waals surface area contributed by atoms with E-state index in [1.807, 2.05) is 18.2 Å². The standard InChI is InChI=1S/C44H30O2/c1-44(2,3)28-21-26-15-18-31-35(25-17-20-40-37(23-25)30-10-5-6-13-38(30)45-40)24-36(32-19-16-27(22-28)41(26)42(31)32)34-12-8-11-33-29-9-4-7-14-39(29)46-43(33)34/h4-24H,1-3H3. The third kappa shape index (κ3) is 3.53. The molecule has 0 atom stereocenters. The summed E-state index contributed by atoms with van der Waals surface area (Å²) in [4.78, 5) is 0. The fraction of sp³-hybridized carbons (Fsp3) is 0.0909. The topological polar surface area (TPSA) is 26.3 Å². The van der Waals surface area contributed by atoms with Crippen molar-refractivity contribution in [1.82, 2.24) is 0 Å². The number of fused-ring (bicyclic) bond motifs is 6. The summed E-state index contributed by atoms with van der Waals surface area (Å²) in [5.74, 6) is 0. The van der Waals surface area contributed by atoms with Crippen LogP contribution >= 0.6 is 0 Å². The van der Waals surface area contributed by atoms with Crippen molar-refractivity contribution in [2.24, 2.45) is 0 Å². The molecule has 0 aliphatic carbocycles. The third-order valence-electron chi connectivity index (χ3n) is 9.96. The zero-order valence-corrected chi connectivity index (χ0v) is 25.9. The van der Waals surface area contributed by atoms with Crippen LogP contribution in [0, 0.1) is 0 Å². The van der Waals surface area contributed by atoms with Crippen LogP contribution < -0.4 is 0 Å². The minimum atomic E-state index is 0.0560. The smallest absolute Gasteiger partial charge is 0.143 e. The molecule has 0 aliphatic rings. The first-order valence-corrected chi connectivity index (χ1v) is 16.0. The van der Waals surface area contributed by atoms with Crippen molar-refractivity contribution in [3.8, 4) is 22.3 Å². The van der Waals surface area contributed by atoms with Crippen molar-refractivity contribution < 1.29 is 8.83 Å². The molecule has 2 nitrogen and oxygen atoms in total. The fourth-order valence-electron chi connectivity index (χ4n) is 7.66. The molecule has 0 bridgehead atoms. The molecule has 0 N–H and O–H groups in total. The molecule has 0 fully saturated rings. The van der Waals surface area contributed by atoms with Crippen molar-refractivity contribution in [1.29, 1.82) is 0 Å². The summed E-state index contributed by atoms with van der Waals surface area (Å²) in [5.41, 5.74) is 9.73. The predicted molar refractivity (Wildman–Crippen MR) is 194 cm³/mol. The Morgan fingerprint density at radius 1 is 0.413 bits per heavy atom. The van der Waals surface area contributed by atoms with E-state index in [1.165, 1.54) is 54.6 Å². The highest BCUT2D eigenvalue weighted by molar-refractivity contribution is 6.29. The van der Waals surface area contributed by atoms with Gasteiger partial charge in [-0.15, -0.1) is 0 Å². The normalized spacial score (nSPS) is 12.7. The summed E-state index contributed by atoms with van der Waals surface area (Å²) in [6, 6.07) is 46.3. The zero-order valence-electron chi connectivity index (χ0n) is 25.9. The molecule has 10 aromatic rings. The van der Waals surface area contributed by atoms with Crippen LogP contribution in [0.15, 0.2) is 136 Å². The summed E-state index contributed by atoms with van der Waals surface area (Å²) in [6.45, 7) is 6.87. The van der Waals surface area contributed by atoms with Crippen molar-refractivity contribution in [2.45, 2.75) is 26.2 Å². The van der Waals surface area contributed by atoms with E-state index >= 15 is 0 Å². The Labute approximate surface area is 265 Å². The maximum atomic E-state index is 6.61. The van der Waals surface area contributed by atoms with Gasteiger partial charge in [0.2, 0.25) is 0 Å². The van der Waals surface area contributed by atoms with Crippen molar-refractivity contribution in [2.75, 3.05) is 0 Å². The van der Waals surface area contributed by atoms with Crippen LogP contribution in [-0.2, 0) is 5.41 Å². The van der Waals surface area contributed by atoms with Crippen LogP contribution in [0.25, 0.3) is 98.4 Å². The molecule has 8 aromatic carbocycles. The van der Waals surface area contributed by atoms with Gasteiger partial charge in [-0.2, -0.15) is 0 Å². The molecule has 0 amide bonds. The maximum Gasteiger partial charge on any atom is 0.143 e. The van der Waals surface area contributed by atoms with Gasteiger partial charge in [0.15, 0.2) is 0 Å². The lowest BCUT2D eigenvalue weighted by atomic mass is 9.81. The largest absolute Gasteiger partial charge is 0.456 e. The third-order valence-corrected chi connectivity index (χ3v) is 9.96. The lowest BCUT2D eigenvalue weighted by Gasteiger charge is -2.23. The molecule has 218 valence electrons. The Balaban J connectivity index is 1.35. The Kier molecular flexibility index (Phi) is 5.02. The molecule has 2 heterocycles. The van der Waals surface area contributed by atoms with Crippen LogP contribution in [0.5, 0.6) is 0 Å². The first-order valence-electron chi connectivity index (χ1n) is 16.0. The molecule has 46 heavy (non-hydrogen) atoms. The fourth-order valence-corrected chi connectivity index (χ4v) is 7.66. The van der Waals surface area contributed by atoms with Gasteiger partial charge in [0.25, 0.3) is 0 Å². The second-order valence-corrected chi connectivity index (χ2v) is 13.7. The van der Waals surface area contributed by atoms with Gasteiger partial charge in [0.05, 0.1) is 0 Å². The van der Waals surface area contributed by atoms with Crippen LogP contribution in [0.4, 0.5) is 0 Å². The zero-order chi connectivity index (χ0) is 30.7. The summed E-state index contributed by atoms with van der Waals surface area (Å²) in [6.07, 6.45) is 0. The second-order valence-electron chi connectivity index (χ2n) is 13.7. The highest BCUT2D eigenvalue weighted by Crippen LogP contribution is 2.47. The lowest BCUT2D eigenvalue weighted by Crippen LogP contribution is -2.10. The molecule has 0 spiro atoms. The summed E-state index contributed by atoms with van der Waals surface area (Å²) < 4.78 is 12.8. The maximum absolute atomic E-state index is 6.61. The molecule has 0 unspecified atom stereocenters. The van der Waals surface area contributed by atoms with Gasteiger partial charge in [-0.25, -0.2) is 0 Å². The lowest BCUT2D eigenvalue weighted by molar-refractivity contribution is 0.591. The van der Waals surface area contributed by atoms with E-state index in [2.05, 4.69) is 130 Å². The Bertz CT molecular complexity index is 2820. The molecular weight excluding hydrogens is 560 g/mol. The summed E-state index contributed by atoms with van der Waals surface area (Å²) in [5, 5.41) is 12.2. The van der Waals surface area contributed by atoms with E-state index in [1.54, 1.807) is 0 Å². The van der Waals surface area contributed by atoms with Gasteiger partial charge in [-0.1, -0.05) is 118 Å². The highest BCUT2D eigenvalue weighted by Gasteiger charge is 2.22. The Morgan fingerprint density at radius 3 is 1.78 bits per heavy atom. The molecular formula is C44H30O2. The van der Waals surface area contributed by atoms with Gasteiger partial charge in [-0.3, -0.25) is 0 Å². The van der Waals surface area contributed by atoms with Crippen LogP contribution in [0.2, 0.25) is 0 Å². The minimum absolute atomic E-state index is 0.0560. The monoisotopic (exact) mass is 590 g/mol. The number of para-hydroxylation sites is 3. The van der Waals surface area contributed by atoms with Crippen molar-refractivity contribution in [3.05, 3.63) is 133 Å². The number of furan rings is 2. The van der Waals surface area contributed by atoms with Gasteiger partial charge in [0.1, 0.15) is 22.3 Å². The second kappa shape index (κ2) is 8.99. The summed E-state index contributed by atoms with van der Waals surface area (Å²) >= 11 is 0. The number of rotatable bonds is 2. The molecule has 0 aliphatic heterocycles. The first-order chi connectivity index (χ1) is 22.4. The minimum Gasteiger partial charge on any atom is -0.456 e. The van der Waals surface area contributed by atoms with Crippen LogP contribution in [-0.4, -0.2) is 0 Å². The van der Waals surface area contributed by atoms with Crippen molar-refractivity contribution in [3.63, 3.8) is 0 Å². The molecule has 0 saturated heterocycles. The molecule has 10 rings (SSSR count). The molecule has 2 heteroatoms. The predicted octanol–water partition coefficient (Wildman–Crippen LogP) is 13.0. The Morgan fingerprint density at radius 2 is 1.04 bits per heavy atom. The van der Waals surface area contributed by atoms with Gasteiger partial charge in [0, 0.05) is 27.1 Å². The van der Waals surface area contributed by atoms with E-state index in [0.29, 0.717) is 0 Å². The van der Waals surface area contributed by atoms with E-state index in [4.69, 9.17) is 8.83 Å². The van der Waals surface area contributed by atoms with Gasteiger partial charge in [-0.05, 0) is 90.3 Å². The van der Waals surface area contributed by atoms with E-state index in [9.17, 15) is 0 Å². The first kappa shape index (κ1) is 25.7. The van der Waals surface area contributed by atoms with Crippen LogP contribution in [0.1, 0.15) is 26.3 Å². The van der Waals surface area contributed by atoms with Gasteiger partial charge >= 0.3 is 0 Å². The van der Waals surface area contributed by atoms with E-state index in [0.717, 1.165) is 49.4 Å². The number of hydrogen-bond donors (Lipinski definition) is 0. The molecule has 0 radical (unpaired) electrons. The van der Waals surface area contributed by atoms with Gasteiger partial charge < -0.3 is 8.83 Å². The van der Waals surface area contributed by atoms with Crippen LogP contribution in [0.3, 0.4) is 0 Å². The average Bonchev–Trinajstić information content (AvgIpc) is 3.64. The Hall–Kier alpha value is -5.60. The quantitative estimate of drug-likeness (QED) is 0.187. The molecule has 2 aromatic heterocycles. The SMILES string of the molecule is CC(C)(C)c1cc2ccc3c(-c4ccc5oc6ccccc6c5c4)cc(-c4cccc5c4oc4ccccc45)c4ccc(c1)c2c34. The number of hydrogen-bond acceptors (Lipinski definition) is 2. The van der Waals surface area contributed by atoms with E-state index < -0.39 is 0 Å². The number of benzene rings is 8. The average molecular weight is 591 g/mol.